The molecule has 2 heterocycles. The lowest BCUT2D eigenvalue weighted by atomic mass is 10.00. The van der Waals surface area contributed by atoms with Crippen molar-refractivity contribution in [1.82, 2.24) is 4.90 Å². The molecule has 5 atom stereocenters. The van der Waals surface area contributed by atoms with Crippen LogP contribution in [0, 0.1) is 11.8 Å². The van der Waals surface area contributed by atoms with E-state index >= 15 is 0 Å². The summed E-state index contributed by atoms with van der Waals surface area (Å²) in [6.45, 7) is 9.84. The highest BCUT2D eigenvalue weighted by Gasteiger charge is 2.34. The highest BCUT2D eigenvalue weighted by Crippen LogP contribution is 2.54. The summed E-state index contributed by atoms with van der Waals surface area (Å²) in [4.78, 5) is 3.42. The van der Waals surface area contributed by atoms with Crippen LogP contribution in [0.1, 0.15) is 43.3 Å². The Bertz CT molecular complexity index is 1140. The summed E-state index contributed by atoms with van der Waals surface area (Å²) in [5.74, 6) is 3.54. The quantitative estimate of drug-likeness (QED) is 0.415. The van der Waals surface area contributed by atoms with Crippen LogP contribution in [0.25, 0.3) is 0 Å². The standard InChI is InChI=1S/C29H33NO4S/c1-18-15-30(16-19(18)2)20(3)17-33-25-11-6-21(7-12-25)28-29(22-4-8-23(31)9-5-22)35-27-14-24(32)10-13-26(27)34-28/h4-14,18-20,28-29,31-32H,15-17H2,1-3H3/t18-,19+,20-,28-,29+/m0/s1. The summed E-state index contributed by atoms with van der Waals surface area (Å²) in [7, 11) is 0. The van der Waals surface area contributed by atoms with E-state index in [1.54, 1.807) is 36.0 Å². The Kier molecular flexibility index (Phi) is 6.85. The second-order valence-electron chi connectivity index (χ2n) is 9.94. The number of hydrogen-bond acceptors (Lipinski definition) is 6. The lowest BCUT2D eigenvalue weighted by Crippen LogP contribution is -2.35. The molecule has 5 rings (SSSR count). The molecule has 3 aromatic carbocycles. The zero-order chi connectivity index (χ0) is 24.5. The number of thioether (sulfide) groups is 1. The molecule has 3 aromatic rings. The summed E-state index contributed by atoms with van der Waals surface area (Å²) in [6.07, 6.45) is -0.220. The third-order valence-corrected chi connectivity index (χ3v) is 8.62. The number of phenolic OH excluding ortho intramolecular Hbond substituents is 2. The molecule has 0 spiro atoms. The molecule has 35 heavy (non-hydrogen) atoms. The molecular formula is C29H33NO4S. The molecule has 184 valence electrons. The van der Waals surface area contributed by atoms with Gasteiger partial charge in [0.25, 0.3) is 0 Å². The van der Waals surface area contributed by atoms with E-state index in [1.165, 1.54) is 0 Å². The molecule has 2 aliphatic heterocycles. The summed E-state index contributed by atoms with van der Waals surface area (Å²) in [5.41, 5.74) is 2.10. The molecule has 2 aliphatic rings. The minimum Gasteiger partial charge on any atom is -0.508 e. The van der Waals surface area contributed by atoms with Gasteiger partial charge in [-0.2, -0.15) is 0 Å². The van der Waals surface area contributed by atoms with E-state index in [1.807, 2.05) is 30.3 Å². The maximum atomic E-state index is 9.96. The van der Waals surface area contributed by atoms with Crippen LogP contribution in [-0.4, -0.2) is 40.9 Å². The van der Waals surface area contributed by atoms with E-state index in [-0.39, 0.29) is 22.9 Å². The van der Waals surface area contributed by atoms with Crippen LogP contribution in [0.3, 0.4) is 0 Å². The van der Waals surface area contributed by atoms with Crippen LogP contribution in [0.15, 0.2) is 71.6 Å². The lowest BCUT2D eigenvalue weighted by Gasteiger charge is -2.34. The van der Waals surface area contributed by atoms with Crippen LogP contribution in [0.4, 0.5) is 0 Å². The van der Waals surface area contributed by atoms with Crippen molar-refractivity contribution in [3.8, 4) is 23.0 Å². The number of ether oxygens (including phenoxy) is 2. The normalized spacial score (nSPS) is 25.0. The summed E-state index contributed by atoms with van der Waals surface area (Å²) >= 11 is 1.66. The first kappa shape index (κ1) is 23.9. The zero-order valence-corrected chi connectivity index (χ0v) is 21.2. The SMILES string of the molecule is C[C@@H]1CN([C@@H](C)COc2ccc([C@@H]3Oc4ccc(O)cc4S[C@@H]3c3ccc(O)cc3)cc2)C[C@@H]1C. The molecule has 6 heteroatoms. The average molecular weight is 492 g/mol. The number of aromatic hydroxyl groups is 2. The number of hydrogen-bond donors (Lipinski definition) is 2. The third kappa shape index (κ3) is 5.24. The predicted molar refractivity (Wildman–Crippen MR) is 139 cm³/mol. The van der Waals surface area contributed by atoms with Gasteiger partial charge in [-0.1, -0.05) is 38.1 Å². The van der Waals surface area contributed by atoms with Crippen LogP contribution >= 0.6 is 11.8 Å². The molecule has 5 nitrogen and oxygen atoms in total. The Morgan fingerprint density at radius 3 is 2.23 bits per heavy atom. The Morgan fingerprint density at radius 1 is 0.914 bits per heavy atom. The fourth-order valence-corrected chi connectivity index (χ4v) is 6.17. The van der Waals surface area contributed by atoms with E-state index in [0.717, 1.165) is 52.4 Å². The van der Waals surface area contributed by atoms with Gasteiger partial charge in [-0.15, -0.1) is 11.8 Å². The van der Waals surface area contributed by atoms with Gasteiger partial charge in [0.2, 0.25) is 0 Å². The van der Waals surface area contributed by atoms with Gasteiger partial charge < -0.3 is 19.7 Å². The largest absolute Gasteiger partial charge is 0.508 e. The molecule has 0 unspecified atom stereocenters. The van der Waals surface area contributed by atoms with Crippen molar-refractivity contribution in [2.45, 2.75) is 43.1 Å². The highest BCUT2D eigenvalue weighted by atomic mass is 32.2. The van der Waals surface area contributed by atoms with E-state index in [9.17, 15) is 10.2 Å². The number of likely N-dealkylation sites (tertiary alicyclic amines) is 1. The van der Waals surface area contributed by atoms with Crippen LogP contribution in [-0.2, 0) is 0 Å². The Labute approximate surface area is 211 Å². The van der Waals surface area contributed by atoms with Crippen molar-refractivity contribution >= 4 is 11.8 Å². The Hall–Kier alpha value is -2.83. The fraction of sp³-hybridized carbons (Fsp3) is 0.379. The number of fused-ring (bicyclic) bond motifs is 1. The zero-order valence-electron chi connectivity index (χ0n) is 20.4. The highest BCUT2D eigenvalue weighted by molar-refractivity contribution is 7.99. The number of benzene rings is 3. The maximum absolute atomic E-state index is 9.96. The van der Waals surface area contributed by atoms with E-state index < -0.39 is 0 Å². The van der Waals surface area contributed by atoms with Gasteiger partial charge in [-0.25, -0.2) is 0 Å². The molecule has 2 N–H and O–H groups in total. The van der Waals surface area contributed by atoms with E-state index in [2.05, 4.69) is 37.8 Å². The molecule has 0 bridgehead atoms. The second-order valence-corrected chi connectivity index (χ2v) is 11.1. The minimum atomic E-state index is -0.220. The van der Waals surface area contributed by atoms with Crippen LogP contribution < -0.4 is 9.47 Å². The predicted octanol–water partition coefficient (Wildman–Crippen LogP) is 6.42. The smallest absolute Gasteiger partial charge is 0.140 e. The summed E-state index contributed by atoms with van der Waals surface area (Å²) < 4.78 is 12.6. The van der Waals surface area contributed by atoms with Crippen molar-refractivity contribution in [1.29, 1.82) is 0 Å². The van der Waals surface area contributed by atoms with Gasteiger partial charge in [-0.05, 0) is 72.4 Å². The van der Waals surface area contributed by atoms with Crippen molar-refractivity contribution < 1.29 is 19.7 Å². The van der Waals surface area contributed by atoms with Gasteiger partial charge in [-0.3, -0.25) is 4.90 Å². The van der Waals surface area contributed by atoms with Crippen molar-refractivity contribution in [2.75, 3.05) is 19.7 Å². The number of rotatable bonds is 6. The number of nitrogens with zero attached hydrogens (tertiary/aromatic N) is 1. The summed E-state index contributed by atoms with van der Waals surface area (Å²) in [6, 6.07) is 21.0. The average Bonchev–Trinajstić information content (AvgIpc) is 3.20. The molecule has 0 saturated carbocycles. The molecule has 0 aliphatic carbocycles. The van der Waals surface area contributed by atoms with Gasteiger partial charge in [0.1, 0.15) is 35.7 Å². The molecule has 0 aromatic heterocycles. The second kappa shape index (κ2) is 10.0. The topological polar surface area (TPSA) is 62.2 Å². The first-order valence-corrected chi connectivity index (χ1v) is 13.2. The first-order chi connectivity index (χ1) is 16.9. The molecular weight excluding hydrogens is 458 g/mol. The van der Waals surface area contributed by atoms with Gasteiger partial charge in [0, 0.05) is 19.1 Å². The first-order valence-electron chi connectivity index (χ1n) is 12.3. The van der Waals surface area contributed by atoms with E-state index in [4.69, 9.17) is 9.47 Å². The maximum Gasteiger partial charge on any atom is 0.140 e. The molecule has 1 fully saturated rings. The molecule has 1 saturated heterocycles. The fourth-order valence-electron chi connectivity index (χ4n) is 4.84. The van der Waals surface area contributed by atoms with Gasteiger partial charge >= 0.3 is 0 Å². The minimum absolute atomic E-state index is 0.0316. The van der Waals surface area contributed by atoms with Crippen molar-refractivity contribution in [3.05, 3.63) is 77.9 Å². The number of phenols is 2. The monoisotopic (exact) mass is 491 g/mol. The molecule has 0 radical (unpaired) electrons. The van der Waals surface area contributed by atoms with Gasteiger partial charge in [0.05, 0.1) is 10.1 Å². The lowest BCUT2D eigenvalue weighted by molar-refractivity contribution is 0.166. The Morgan fingerprint density at radius 2 is 1.54 bits per heavy atom. The third-order valence-electron chi connectivity index (χ3n) is 7.27. The molecule has 0 amide bonds. The summed E-state index contributed by atoms with van der Waals surface area (Å²) in [5, 5.41) is 19.7. The van der Waals surface area contributed by atoms with Crippen LogP contribution in [0.2, 0.25) is 0 Å². The van der Waals surface area contributed by atoms with E-state index in [0.29, 0.717) is 12.6 Å². The van der Waals surface area contributed by atoms with Crippen molar-refractivity contribution in [2.24, 2.45) is 11.8 Å². The van der Waals surface area contributed by atoms with Crippen LogP contribution in [0.5, 0.6) is 23.0 Å². The Balaban J connectivity index is 1.32. The van der Waals surface area contributed by atoms with Gasteiger partial charge in [0.15, 0.2) is 0 Å². The van der Waals surface area contributed by atoms with Crippen molar-refractivity contribution in [3.63, 3.8) is 0 Å².